The van der Waals surface area contributed by atoms with Gasteiger partial charge in [0.25, 0.3) is 0 Å². The Morgan fingerprint density at radius 3 is 2.93 bits per heavy atom. The minimum Gasteiger partial charge on any atom is -0.298 e. The van der Waals surface area contributed by atoms with Crippen LogP contribution < -0.4 is 11.3 Å². The lowest BCUT2D eigenvalue weighted by Gasteiger charge is -1.90. The molecule has 0 bridgehead atoms. The summed E-state index contributed by atoms with van der Waals surface area (Å²) < 4.78 is 5.04. The molecule has 2 rings (SSSR count). The van der Waals surface area contributed by atoms with Crippen molar-refractivity contribution in [2.24, 2.45) is 5.84 Å². The van der Waals surface area contributed by atoms with Crippen molar-refractivity contribution in [2.75, 3.05) is 5.43 Å². The van der Waals surface area contributed by atoms with Crippen molar-refractivity contribution in [1.82, 2.24) is 19.6 Å². The average molecular weight is 260 g/mol. The monoisotopic (exact) mass is 260 g/mol. The summed E-state index contributed by atoms with van der Waals surface area (Å²) in [5.41, 5.74) is 2.46. The lowest BCUT2D eigenvalue weighted by atomic mass is 10.8. The third-order valence-electron chi connectivity index (χ3n) is 1.42. The van der Waals surface area contributed by atoms with Crippen molar-refractivity contribution in [3.63, 3.8) is 0 Å². The van der Waals surface area contributed by atoms with E-state index in [1.54, 1.807) is 11.8 Å². The molecule has 0 unspecified atom stereocenters. The standard InChI is InChI=1S/C6H8N6S3/c1-3-8-6(15-12-3)13-2-4-10-11-5(9-7)14-4/h2,7H2,1H3,(H,9,11). The number of nitrogens with one attached hydrogen (secondary N) is 1. The highest BCUT2D eigenvalue weighted by atomic mass is 32.2. The number of rotatable bonds is 4. The molecule has 0 saturated heterocycles. The molecule has 0 aromatic carbocycles. The predicted octanol–water partition coefficient (Wildman–Crippen LogP) is 1.28. The largest absolute Gasteiger partial charge is 0.298 e. The van der Waals surface area contributed by atoms with E-state index in [0.29, 0.717) is 5.13 Å². The van der Waals surface area contributed by atoms with Crippen molar-refractivity contribution in [1.29, 1.82) is 0 Å². The molecule has 6 nitrogen and oxygen atoms in total. The molecule has 0 fully saturated rings. The highest BCUT2D eigenvalue weighted by molar-refractivity contribution is 8.00. The van der Waals surface area contributed by atoms with Crippen LogP contribution in [-0.4, -0.2) is 19.6 Å². The number of hydrogen-bond donors (Lipinski definition) is 2. The first kappa shape index (κ1) is 10.7. The molecule has 0 radical (unpaired) electrons. The lowest BCUT2D eigenvalue weighted by molar-refractivity contribution is 1.03. The number of aryl methyl sites for hydroxylation is 1. The molecular weight excluding hydrogens is 252 g/mol. The summed E-state index contributed by atoms with van der Waals surface area (Å²) >= 11 is 4.44. The van der Waals surface area contributed by atoms with E-state index >= 15 is 0 Å². The smallest absolute Gasteiger partial charge is 0.219 e. The molecule has 15 heavy (non-hydrogen) atoms. The molecule has 0 aliphatic heterocycles. The lowest BCUT2D eigenvalue weighted by Crippen LogP contribution is -2.05. The Balaban J connectivity index is 1.93. The summed E-state index contributed by atoms with van der Waals surface area (Å²) in [5.74, 6) is 6.76. The summed E-state index contributed by atoms with van der Waals surface area (Å²) in [7, 11) is 0. The Morgan fingerprint density at radius 1 is 1.47 bits per heavy atom. The van der Waals surface area contributed by atoms with Gasteiger partial charge in [-0.15, -0.1) is 10.2 Å². The van der Waals surface area contributed by atoms with Gasteiger partial charge < -0.3 is 0 Å². The number of hydrogen-bond acceptors (Lipinski definition) is 9. The molecule has 3 N–H and O–H groups in total. The molecule has 2 aromatic rings. The quantitative estimate of drug-likeness (QED) is 0.486. The van der Waals surface area contributed by atoms with E-state index in [1.165, 1.54) is 22.9 Å². The molecule has 2 aromatic heterocycles. The van der Waals surface area contributed by atoms with Crippen LogP contribution in [0, 0.1) is 6.92 Å². The highest BCUT2D eigenvalue weighted by Crippen LogP contribution is 2.26. The normalized spacial score (nSPS) is 10.5. The molecular formula is C6H8N6S3. The fourth-order valence-electron chi connectivity index (χ4n) is 0.830. The van der Waals surface area contributed by atoms with Crippen LogP contribution in [-0.2, 0) is 5.75 Å². The number of nitrogens with zero attached hydrogens (tertiary/aromatic N) is 4. The van der Waals surface area contributed by atoms with Crippen LogP contribution in [0.3, 0.4) is 0 Å². The van der Waals surface area contributed by atoms with Crippen LogP contribution in [0.5, 0.6) is 0 Å². The molecule has 0 atom stereocenters. The van der Waals surface area contributed by atoms with Crippen molar-refractivity contribution < 1.29 is 0 Å². The zero-order valence-electron chi connectivity index (χ0n) is 7.80. The van der Waals surface area contributed by atoms with Gasteiger partial charge in [-0.25, -0.2) is 10.8 Å². The minimum absolute atomic E-state index is 0.624. The second-order valence-corrected chi connectivity index (χ2v) is 5.58. The van der Waals surface area contributed by atoms with Gasteiger partial charge in [-0.1, -0.05) is 23.1 Å². The second-order valence-electron chi connectivity index (χ2n) is 2.54. The van der Waals surface area contributed by atoms with Crippen molar-refractivity contribution in [2.45, 2.75) is 17.0 Å². The summed E-state index contributed by atoms with van der Waals surface area (Å²) in [5, 5.41) is 9.35. The van der Waals surface area contributed by atoms with E-state index in [4.69, 9.17) is 5.84 Å². The first-order chi connectivity index (χ1) is 7.28. The maximum absolute atomic E-state index is 5.20. The highest BCUT2D eigenvalue weighted by Gasteiger charge is 2.06. The molecule has 0 spiro atoms. The molecule has 2 heterocycles. The minimum atomic E-state index is 0.624. The average Bonchev–Trinajstić information content (AvgIpc) is 2.83. The fraction of sp³-hybridized carbons (Fsp3) is 0.333. The van der Waals surface area contributed by atoms with E-state index < -0.39 is 0 Å². The zero-order chi connectivity index (χ0) is 10.7. The van der Waals surface area contributed by atoms with Crippen LogP contribution >= 0.6 is 34.6 Å². The number of nitrogens with two attached hydrogens (primary N) is 1. The Kier molecular flexibility index (Phi) is 3.46. The van der Waals surface area contributed by atoms with Gasteiger partial charge in [0, 0.05) is 0 Å². The van der Waals surface area contributed by atoms with Crippen molar-refractivity contribution in [3.05, 3.63) is 10.8 Å². The van der Waals surface area contributed by atoms with Crippen molar-refractivity contribution in [3.8, 4) is 0 Å². The summed E-state index contributed by atoms with van der Waals surface area (Å²) in [6.45, 7) is 1.88. The van der Waals surface area contributed by atoms with Crippen LogP contribution in [0.25, 0.3) is 0 Å². The topological polar surface area (TPSA) is 89.6 Å². The maximum atomic E-state index is 5.20. The van der Waals surface area contributed by atoms with E-state index in [-0.39, 0.29) is 0 Å². The van der Waals surface area contributed by atoms with E-state index in [9.17, 15) is 0 Å². The maximum Gasteiger partial charge on any atom is 0.219 e. The Bertz CT molecular complexity index is 438. The van der Waals surface area contributed by atoms with Crippen molar-refractivity contribution >= 4 is 39.8 Å². The molecule has 0 aliphatic rings. The van der Waals surface area contributed by atoms with Gasteiger partial charge in [-0.2, -0.15) is 4.37 Å². The zero-order valence-corrected chi connectivity index (χ0v) is 10.2. The Hall–Kier alpha value is -0.770. The van der Waals surface area contributed by atoms with Gasteiger partial charge >= 0.3 is 0 Å². The molecule has 0 aliphatic carbocycles. The van der Waals surface area contributed by atoms with Gasteiger partial charge in [0.05, 0.1) is 5.75 Å². The van der Waals surface area contributed by atoms with Gasteiger partial charge in [-0.05, 0) is 18.5 Å². The number of aromatic nitrogens is 4. The SMILES string of the molecule is Cc1nsc(SCc2nnc(NN)s2)n1. The summed E-state index contributed by atoms with van der Waals surface area (Å²) in [6, 6.07) is 0. The van der Waals surface area contributed by atoms with Crippen LogP contribution in [0.4, 0.5) is 5.13 Å². The molecule has 80 valence electrons. The van der Waals surface area contributed by atoms with E-state index in [0.717, 1.165) is 20.9 Å². The number of thioether (sulfide) groups is 1. The first-order valence-electron chi connectivity index (χ1n) is 4.00. The fourth-order valence-corrected chi connectivity index (χ4v) is 3.11. The summed E-state index contributed by atoms with van der Waals surface area (Å²) in [6.07, 6.45) is 0. The number of hydrazine groups is 1. The van der Waals surface area contributed by atoms with Crippen LogP contribution in [0.1, 0.15) is 10.8 Å². The number of anilines is 1. The molecule has 0 amide bonds. The van der Waals surface area contributed by atoms with Crippen LogP contribution in [0.15, 0.2) is 4.34 Å². The van der Waals surface area contributed by atoms with Gasteiger partial charge in [0.15, 0.2) is 4.34 Å². The van der Waals surface area contributed by atoms with Gasteiger partial charge in [-0.3, -0.25) is 5.43 Å². The first-order valence-corrected chi connectivity index (χ1v) is 6.57. The van der Waals surface area contributed by atoms with Crippen LogP contribution in [0.2, 0.25) is 0 Å². The van der Waals surface area contributed by atoms with E-state index in [1.807, 2.05) is 6.92 Å². The third kappa shape index (κ3) is 2.84. The third-order valence-corrected chi connectivity index (χ3v) is 4.39. The predicted molar refractivity (Wildman–Crippen MR) is 61.9 cm³/mol. The number of nitrogen functional groups attached to an aromatic ring is 1. The molecule has 9 heteroatoms. The Labute approximate surface area is 98.5 Å². The second kappa shape index (κ2) is 4.84. The van der Waals surface area contributed by atoms with E-state index in [2.05, 4.69) is 25.0 Å². The summed E-state index contributed by atoms with van der Waals surface area (Å²) in [4.78, 5) is 4.24. The Morgan fingerprint density at radius 2 is 2.33 bits per heavy atom. The molecule has 0 saturated carbocycles. The van der Waals surface area contributed by atoms with Gasteiger partial charge in [0.1, 0.15) is 10.8 Å². The van der Waals surface area contributed by atoms with Gasteiger partial charge in [0.2, 0.25) is 5.13 Å².